The van der Waals surface area contributed by atoms with Crippen LogP contribution in [0.3, 0.4) is 0 Å². The number of aromatic nitrogens is 1. The minimum atomic E-state index is -4.49. The van der Waals surface area contributed by atoms with Crippen molar-refractivity contribution in [3.05, 3.63) is 29.0 Å². The smallest absolute Gasteiger partial charge is 0.259 e. The molecule has 0 fully saturated rings. The third-order valence-corrected chi connectivity index (χ3v) is 4.22. The first-order valence-corrected chi connectivity index (χ1v) is 6.97. The first kappa shape index (κ1) is 16.4. The monoisotopic (exact) mass is 314 g/mol. The molecule has 1 rings (SSSR count). The molecule has 1 heterocycles. The zero-order valence-corrected chi connectivity index (χ0v) is 11.9. The summed E-state index contributed by atoms with van der Waals surface area (Å²) >= 11 is 5.60. The van der Waals surface area contributed by atoms with Gasteiger partial charge in [-0.25, -0.2) is 4.21 Å². The van der Waals surface area contributed by atoms with Crippen LogP contribution in [-0.2, 0) is 11.0 Å². The zero-order valence-electron chi connectivity index (χ0n) is 10.4. The van der Waals surface area contributed by atoms with Gasteiger partial charge in [0, 0.05) is 6.20 Å². The lowest BCUT2D eigenvalue weighted by Gasteiger charge is -2.28. The van der Waals surface area contributed by atoms with Crippen LogP contribution in [-0.4, -0.2) is 20.1 Å². The maximum atomic E-state index is 13.1. The Bertz CT molecular complexity index is 462. The van der Waals surface area contributed by atoms with E-state index in [1.54, 1.807) is 0 Å². The Morgan fingerprint density at radius 3 is 2.37 bits per heavy atom. The second kappa shape index (κ2) is 5.76. The second-order valence-corrected chi connectivity index (χ2v) is 6.89. The number of halogens is 4. The maximum Gasteiger partial charge on any atom is 0.397 e. The van der Waals surface area contributed by atoms with Crippen LogP contribution in [0, 0.1) is 0 Å². The summed E-state index contributed by atoms with van der Waals surface area (Å²) in [6, 6.07) is 2.56. The molecule has 0 aromatic carbocycles. The number of nitrogens with zero attached hydrogens (tertiary/aromatic N) is 1. The molecule has 2 N–H and O–H groups in total. The highest BCUT2D eigenvalue weighted by atomic mass is 35.5. The third-order valence-electron chi connectivity index (χ3n) is 2.74. The number of hydrogen-bond donors (Lipinski definition) is 1. The normalized spacial score (nSPS) is 16.2. The van der Waals surface area contributed by atoms with E-state index in [0.717, 1.165) is 6.20 Å². The summed E-state index contributed by atoms with van der Waals surface area (Å²) in [7, 11) is -1.86. The van der Waals surface area contributed by atoms with Gasteiger partial charge in [-0.1, -0.05) is 11.6 Å². The fourth-order valence-electron chi connectivity index (χ4n) is 1.56. The fraction of sp³-hybridized carbons (Fsp3) is 0.545. The van der Waals surface area contributed by atoms with E-state index in [-0.39, 0.29) is 10.7 Å². The Hall–Kier alpha value is -0.660. The highest BCUT2D eigenvalue weighted by molar-refractivity contribution is 7.84. The first-order valence-electron chi connectivity index (χ1n) is 5.38. The summed E-state index contributed by atoms with van der Waals surface area (Å²) in [5, 5.41) is 5.48. The van der Waals surface area contributed by atoms with Gasteiger partial charge in [0.1, 0.15) is 0 Å². The van der Waals surface area contributed by atoms with Crippen LogP contribution in [0.25, 0.3) is 0 Å². The molecule has 8 heteroatoms. The van der Waals surface area contributed by atoms with Gasteiger partial charge >= 0.3 is 6.18 Å². The predicted molar refractivity (Wildman–Crippen MR) is 69.1 cm³/mol. The molecular formula is C11H14ClF3N2OS. The minimum Gasteiger partial charge on any atom is -0.259 e. The third kappa shape index (κ3) is 4.43. The van der Waals surface area contributed by atoms with Crippen molar-refractivity contribution >= 4 is 22.6 Å². The lowest BCUT2D eigenvalue weighted by atomic mass is 9.92. The molecule has 19 heavy (non-hydrogen) atoms. The number of nitrogens with two attached hydrogens (primary N) is 1. The summed E-state index contributed by atoms with van der Waals surface area (Å²) < 4.78 is 49.4. The lowest BCUT2D eigenvalue weighted by Crippen LogP contribution is -2.37. The van der Waals surface area contributed by atoms with Crippen molar-refractivity contribution in [2.45, 2.75) is 37.1 Å². The molecule has 1 aromatic rings. The number of alkyl halides is 3. The number of rotatable bonds is 4. The molecule has 108 valence electrons. The highest BCUT2D eigenvalue weighted by Gasteiger charge is 2.45. The quantitative estimate of drug-likeness (QED) is 0.928. The van der Waals surface area contributed by atoms with Crippen LogP contribution < -0.4 is 5.14 Å². The van der Waals surface area contributed by atoms with Gasteiger partial charge in [-0.05, 0) is 32.4 Å². The molecule has 1 aromatic heterocycles. The Labute approximate surface area is 116 Å². The standard InChI is InChI=1S/C11H14ClF3N2OS/c1-10(2,19(16)18)5-8(11(13,14)15)9-4-3-7(12)6-17-9/h3-4,6,8H,5,16H2,1-2H3/t8-,19?/m1/s1. The molecule has 0 radical (unpaired) electrons. The Morgan fingerprint density at radius 2 is 2.00 bits per heavy atom. The Balaban J connectivity index is 3.10. The van der Waals surface area contributed by atoms with Crippen molar-refractivity contribution in [3.8, 4) is 0 Å². The summed E-state index contributed by atoms with van der Waals surface area (Å²) in [5.74, 6) is -1.83. The Morgan fingerprint density at radius 1 is 1.42 bits per heavy atom. The van der Waals surface area contributed by atoms with Crippen LogP contribution >= 0.6 is 11.6 Å². The summed E-state index contributed by atoms with van der Waals surface area (Å²) in [5.41, 5.74) is -0.157. The van der Waals surface area contributed by atoms with Gasteiger partial charge in [0.05, 0.1) is 32.4 Å². The highest BCUT2D eigenvalue weighted by Crippen LogP contribution is 2.40. The summed E-state index contributed by atoms with van der Waals surface area (Å²) in [4.78, 5) is 3.70. The summed E-state index contributed by atoms with van der Waals surface area (Å²) in [6.45, 7) is 2.86. The molecule has 0 aliphatic carbocycles. The van der Waals surface area contributed by atoms with E-state index >= 15 is 0 Å². The molecule has 0 saturated heterocycles. The Kier molecular flexibility index (Phi) is 4.97. The van der Waals surface area contributed by atoms with Crippen LogP contribution in [0.2, 0.25) is 5.02 Å². The van der Waals surface area contributed by atoms with Crippen LogP contribution in [0.4, 0.5) is 13.2 Å². The van der Waals surface area contributed by atoms with E-state index < -0.39 is 34.2 Å². The van der Waals surface area contributed by atoms with Crippen molar-refractivity contribution < 1.29 is 17.4 Å². The van der Waals surface area contributed by atoms with Crippen LogP contribution in [0.1, 0.15) is 31.9 Å². The van der Waals surface area contributed by atoms with Gasteiger partial charge in [0.15, 0.2) is 0 Å². The van der Waals surface area contributed by atoms with Crippen molar-refractivity contribution in [1.29, 1.82) is 0 Å². The van der Waals surface area contributed by atoms with E-state index in [4.69, 9.17) is 16.7 Å². The average molecular weight is 315 g/mol. The summed E-state index contributed by atoms with van der Waals surface area (Å²) in [6.07, 6.45) is -3.74. The fourth-order valence-corrected chi connectivity index (χ4v) is 2.00. The van der Waals surface area contributed by atoms with Crippen molar-refractivity contribution in [2.75, 3.05) is 0 Å². The largest absolute Gasteiger partial charge is 0.397 e. The molecule has 0 aliphatic rings. The van der Waals surface area contributed by atoms with E-state index in [1.807, 2.05) is 0 Å². The van der Waals surface area contributed by atoms with Crippen molar-refractivity contribution in [1.82, 2.24) is 4.98 Å². The van der Waals surface area contributed by atoms with E-state index in [2.05, 4.69) is 4.98 Å². The maximum absolute atomic E-state index is 13.1. The van der Waals surface area contributed by atoms with Crippen LogP contribution in [0.15, 0.2) is 18.3 Å². The molecule has 0 aliphatic heterocycles. The number of hydrogen-bond acceptors (Lipinski definition) is 2. The molecular weight excluding hydrogens is 301 g/mol. The molecule has 3 nitrogen and oxygen atoms in total. The van der Waals surface area contributed by atoms with E-state index in [0.29, 0.717) is 0 Å². The zero-order chi connectivity index (χ0) is 14.8. The van der Waals surface area contributed by atoms with Gasteiger partial charge in [-0.3, -0.25) is 10.1 Å². The molecule has 0 amide bonds. The van der Waals surface area contributed by atoms with Gasteiger partial charge < -0.3 is 0 Å². The van der Waals surface area contributed by atoms with Gasteiger partial charge in [-0.2, -0.15) is 13.2 Å². The molecule has 0 bridgehead atoms. The van der Waals surface area contributed by atoms with E-state index in [1.165, 1.54) is 26.0 Å². The van der Waals surface area contributed by atoms with Crippen LogP contribution in [0.5, 0.6) is 0 Å². The van der Waals surface area contributed by atoms with Gasteiger partial charge in [0.2, 0.25) is 0 Å². The lowest BCUT2D eigenvalue weighted by molar-refractivity contribution is -0.154. The molecule has 0 saturated carbocycles. The minimum absolute atomic E-state index is 0.157. The van der Waals surface area contributed by atoms with E-state index in [9.17, 15) is 17.4 Å². The average Bonchev–Trinajstić information content (AvgIpc) is 2.26. The first-order chi connectivity index (χ1) is 8.54. The topological polar surface area (TPSA) is 56.0 Å². The van der Waals surface area contributed by atoms with Gasteiger partial charge in [0.25, 0.3) is 0 Å². The van der Waals surface area contributed by atoms with Crippen molar-refractivity contribution in [2.24, 2.45) is 5.14 Å². The molecule has 0 spiro atoms. The number of pyridine rings is 1. The predicted octanol–water partition coefficient (Wildman–Crippen LogP) is 3.17. The van der Waals surface area contributed by atoms with Gasteiger partial charge in [-0.15, -0.1) is 0 Å². The van der Waals surface area contributed by atoms with Crippen molar-refractivity contribution in [3.63, 3.8) is 0 Å². The SMILES string of the molecule is CC(C)(C[C@H](c1ccc(Cl)cn1)C(F)(F)F)S(N)=O. The second-order valence-electron chi connectivity index (χ2n) is 4.76. The molecule has 2 atom stereocenters. The molecule has 1 unspecified atom stereocenters.